The Hall–Kier alpha value is -1.44. The Kier molecular flexibility index (Phi) is 3.65. The lowest BCUT2D eigenvalue weighted by molar-refractivity contribution is 0.254. The number of rotatable bonds is 5. The summed E-state index contributed by atoms with van der Waals surface area (Å²) in [5, 5.41) is 9.59. The molecule has 0 unspecified atom stereocenters. The molecule has 0 amide bonds. The molecule has 18 heavy (non-hydrogen) atoms. The van der Waals surface area contributed by atoms with Gasteiger partial charge in [0, 0.05) is 23.8 Å². The van der Waals surface area contributed by atoms with E-state index in [4.69, 9.17) is 5.11 Å². The van der Waals surface area contributed by atoms with Crippen LogP contribution in [0.1, 0.15) is 13.3 Å². The van der Waals surface area contributed by atoms with Gasteiger partial charge in [0.15, 0.2) is 0 Å². The zero-order valence-electron chi connectivity index (χ0n) is 9.92. The number of hydrogen-bond donors (Lipinski definition) is 3. The summed E-state index contributed by atoms with van der Waals surface area (Å²) in [5.41, 5.74) is 0.523. The molecule has 1 atom stereocenters. The molecular weight excluding hydrogens is 254 g/mol. The van der Waals surface area contributed by atoms with Crippen LogP contribution in [0, 0.1) is 0 Å². The Labute approximate surface area is 105 Å². The van der Waals surface area contributed by atoms with Gasteiger partial charge in [0.05, 0.1) is 6.61 Å². The Morgan fingerprint density at radius 3 is 3.00 bits per heavy atom. The van der Waals surface area contributed by atoms with Crippen LogP contribution in [-0.2, 0) is 10.0 Å². The van der Waals surface area contributed by atoms with Gasteiger partial charge in [-0.2, -0.15) is 0 Å². The molecule has 0 aliphatic rings. The highest BCUT2D eigenvalue weighted by Crippen LogP contribution is 2.20. The maximum Gasteiger partial charge on any atom is 0.243 e. The van der Waals surface area contributed by atoms with Crippen LogP contribution in [0.5, 0.6) is 0 Å². The number of sulfonamides is 1. The van der Waals surface area contributed by atoms with Gasteiger partial charge in [-0.25, -0.2) is 18.1 Å². The van der Waals surface area contributed by atoms with E-state index in [0.717, 1.165) is 0 Å². The number of nitrogens with zero attached hydrogens (tertiary/aromatic N) is 1. The van der Waals surface area contributed by atoms with E-state index in [1.165, 1.54) is 6.20 Å². The molecule has 0 aliphatic carbocycles. The number of fused-ring (bicyclic) bond motifs is 1. The number of aliphatic hydroxyl groups is 1. The van der Waals surface area contributed by atoms with Crippen LogP contribution in [0.25, 0.3) is 11.0 Å². The van der Waals surface area contributed by atoms with Gasteiger partial charge in [0.1, 0.15) is 10.5 Å². The fraction of sp³-hybridized carbons (Fsp3) is 0.364. The third-order valence-electron chi connectivity index (χ3n) is 2.74. The fourth-order valence-corrected chi connectivity index (χ4v) is 3.16. The monoisotopic (exact) mass is 269 g/mol. The van der Waals surface area contributed by atoms with Gasteiger partial charge in [-0.1, -0.05) is 6.92 Å². The summed E-state index contributed by atoms with van der Waals surface area (Å²) < 4.78 is 26.8. The predicted molar refractivity (Wildman–Crippen MR) is 67.6 cm³/mol. The molecule has 2 aromatic heterocycles. The molecular formula is C11H15N3O3S. The summed E-state index contributed by atoms with van der Waals surface area (Å²) in [4.78, 5) is 7.00. The van der Waals surface area contributed by atoms with E-state index in [1.54, 1.807) is 25.3 Å². The maximum atomic E-state index is 12.2. The molecule has 0 saturated heterocycles. The largest absolute Gasteiger partial charge is 0.395 e. The maximum absolute atomic E-state index is 12.2. The van der Waals surface area contributed by atoms with Crippen LogP contribution >= 0.6 is 0 Å². The van der Waals surface area contributed by atoms with Crippen LogP contribution < -0.4 is 4.72 Å². The van der Waals surface area contributed by atoms with E-state index in [-0.39, 0.29) is 11.5 Å². The highest BCUT2D eigenvalue weighted by atomic mass is 32.2. The zero-order chi connectivity index (χ0) is 13.2. The van der Waals surface area contributed by atoms with Crippen molar-refractivity contribution in [3.05, 3.63) is 24.5 Å². The first-order valence-corrected chi connectivity index (χ1v) is 7.12. The number of aromatic nitrogens is 2. The smallest absolute Gasteiger partial charge is 0.243 e. The van der Waals surface area contributed by atoms with Crippen molar-refractivity contribution in [3.63, 3.8) is 0 Å². The van der Waals surface area contributed by atoms with Gasteiger partial charge in [-0.05, 0) is 18.6 Å². The second-order valence-electron chi connectivity index (χ2n) is 3.96. The van der Waals surface area contributed by atoms with Crippen molar-refractivity contribution in [2.45, 2.75) is 24.3 Å². The molecule has 2 rings (SSSR count). The molecule has 0 aromatic carbocycles. The normalized spacial score (nSPS) is 13.9. The summed E-state index contributed by atoms with van der Waals surface area (Å²) >= 11 is 0. The van der Waals surface area contributed by atoms with E-state index in [2.05, 4.69) is 14.7 Å². The average molecular weight is 269 g/mol. The van der Waals surface area contributed by atoms with Crippen molar-refractivity contribution < 1.29 is 13.5 Å². The minimum atomic E-state index is -3.65. The Balaban J connectivity index is 2.41. The van der Waals surface area contributed by atoms with Gasteiger partial charge < -0.3 is 10.1 Å². The number of nitrogens with one attached hydrogen (secondary N) is 2. The van der Waals surface area contributed by atoms with E-state index in [0.29, 0.717) is 17.5 Å². The molecule has 0 saturated carbocycles. The molecule has 98 valence electrons. The van der Waals surface area contributed by atoms with Gasteiger partial charge in [-0.3, -0.25) is 0 Å². The van der Waals surface area contributed by atoms with Crippen LogP contribution in [0.15, 0.2) is 29.4 Å². The van der Waals surface area contributed by atoms with Crippen molar-refractivity contribution in [1.82, 2.24) is 14.7 Å². The zero-order valence-corrected chi connectivity index (χ0v) is 10.7. The number of H-pyrrole nitrogens is 1. The Bertz CT molecular complexity index is 632. The molecule has 0 spiro atoms. The lowest BCUT2D eigenvalue weighted by Crippen LogP contribution is -2.36. The summed E-state index contributed by atoms with van der Waals surface area (Å²) in [5.74, 6) is 0. The lowest BCUT2D eigenvalue weighted by Gasteiger charge is -2.13. The molecule has 7 heteroatoms. The van der Waals surface area contributed by atoms with E-state index in [9.17, 15) is 8.42 Å². The number of hydrogen-bond acceptors (Lipinski definition) is 4. The van der Waals surface area contributed by atoms with Crippen LogP contribution in [-0.4, -0.2) is 36.1 Å². The minimum absolute atomic E-state index is 0.150. The summed E-state index contributed by atoms with van der Waals surface area (Å²) in [6.45, 7) is 1.58. The lowest BCUT2D eigenvalue weighted by atomic mass is 10.3. The SMILES string of the molecule is CC[C@@H](CO)NS(=O)(=O)c1c[nH]c2ncccc12. The van der Waals surface area contributed by atoms with Crippen LogP contribution in [0.4, 0.5) is 0 Å². The second kappa shape index (κ2) is 5.05. The number of pyridine rings is 1. The first-order chi connectivity index (χ1) is 8.58. The van der Waals surface area contributed by atoms with E-state index in [1.807, 2.05) is 0 Å². The molecule has 3 N–H and O–H groups in total. The average Bonchev–Trinajstić information content (AvgIpc) is 2.80. The molecule has 0 bridgehead atoms. The Morgan fingerprint density at radius 1 is 1.56 bits per heavy atom. The summed E-state index contributed by atoms with van der Waals surface area (Å²) in [7, 11) is -3.65. The highest BCUT2D eigenvalue weighted by molar-refractivity contribution is 7.89. The van der Waals surface area contributed by atoms with Gasteiger partial charge >= 0.3 is 0 Å². The Morgan fingerprint density at radius 2 is 2.33 bits per heavy atom. The quantitative estimate of drug-likeness (QED) is 0.741. The number of aliphatic hydroxyl groups excluding tert-OH is 1. The molecule has 2 heterocycles. The third kappa shape index (κ3) is 2.38. The van der Waals surface area contributed by atoms with Gasteiger partial charge in [0.25, 0.3) is 0 Å². The molecule has 0 radical (unpaired) electrons. The first-order valence-electron chi connectivity index (χ1n) is 5.63. The van der Waals surface area contributed by atoms with Crippen molar-refractivity contribution in [3.8, 4) is 0 Å². The van der Waals surface area contributed by atoms with E-state index < -0.39 is 16.1 Å². The first kappa shape index (κ1) is 13.0. The fourth-order valence-electron chi connectivity index (χ4n) is 1.69. The van der Waals surface area contributed by atoms with E-state index >= 15 is 0 Å². The third-order valence-corrected chi connectivity index (χ3v) is 4.30. The predicted octanol–water partition coefficient (Wildman–Crippen LogP) is 0.612. The topological polar surface area (TPSA) is 95.1 Å². The van der Waals surface area contributed by atoms with Crippen LogP contribution in [0.3, 0.4) is 0 Å². The molecule has 6 nitrogen and oxygen atoms in total. The van der Waals surface area contributed by atoms with Crippen molar-refractivity contribution in [2.75, 3.05) is 6.61 Å². The van der Waals surface area contributed by atoms with Crippen molar-refractivity contribution in [1.29, 1.82) is 0 Å². The van der Waals surface area contributed by atoms with Crippen molar-refractivity contribution in [2.24, 2.45) is 0 Å². The van der Waals surface area contributed by atoms with Gasteiger partial charge in [0.2, 0.25) is 10.0 Å². The van der Waals surface area contributed by atoms with Crippen LogP contribution in [0.2, 0.25) is 0 Å². The molecule has 2 aromatic rings. The summed E-state index contributed by atoms with van der Waals surface area (Å²) in [6, 6.07) is 2.89. The standard InChI is InChI=1S/C11H15N3O3S/c1-2-8(7-15)14-18(16,17)10-6-13-11-9(10)4-3-5-12-11/h3-6,8,14-15H,2,7H2,1H3,(H,12,13)/t8-/m0/s1. The van der Waals surface area contributed by atoms with Crippen molar-refractivity contribution >= 4 is 21.1 Å². The molecule has 0 fully saturated rings. The summed E-state index contributed by atoms with van der Waals surface area (Å²) in [6.07, 6.45) is 3.52. The highest BCUT2D eigenvalue weighted by Gasteiger charge is 2.22. The van der Waals surface area contributed by atoms with Gasteiger partial charge in [-0.15, -0.1) is 0 Å². The second-order valence-corrected chi connectivity index (χ2v) is 5.64. The number of aromatic amines is 1. The molecule has 0 aliphatic heterocycles. The minimum Gasteiger partial charge on any atom is -0.395 e.